The van der Waals surface area contributed by atoms with Gasteiger partial charge in [-0.2, -0.15) is 0 Å². The highest BCUT2D eigenvalue weighted by molar-refractivity contribution is 7.26. The first-order valence-corrected chi connectivity index (χ1v) is 17.7. The first-order valence-electron chi connectivity index (χ1n) is 16.9. The van der Waals surface area contributed by atoms with Crippen molar-refractivity contribution in [3.63, 3.8) is 0 Å². The number of para-hydroxylation sites is 3. The van der Waals surface area contributed by atoms with E-state index in [1.807, 2.05) is 11.3 Å². The SMILES string of the molecule is CC(C)(C)c1ccc2sc3c(ccc4c3c3c5ccccc5ccc3n4-c3ccc(-c4nc5ccccc5n4-c4ccccc4)cc3)c2c1. The van der Waals surface area contributed by atoms with Gasteiger partial charge in [-0.25, -0.2) is 4.98 Å². The largest absolute Gasteiger partial charge is 0.309 e. The molecular weight excluding hydrogens is 615 g/mol. The Hall–Kier alpha value is -5.71. The number of fused-ring (bicyclic) bond motifs is 10. The summed E-state index contributed by atoms with van der Waals surface area (Å²) in [6.07, 6.45) is 0. The zero-order valence-corrected chi connectivity index (χ0v) is 28.4. The highest BCUT2D eigenvalue weighted by atomic mass is 32.1. The zero-order chi connectivity index (χ0) is 32.9. The van der Waals surface area contributed by atoms with Crippen LogP contribution in [0.1, 0.15) is 26.3 Å². The van der Waals surface area contributed by atoms with Crippen molar-refractivity contribution in [1.29, 1.82) is 0 Å². The Labute approximate surface area is 288 Å². The molecule has 0 amide bonds. The lowest BCUT2D eigenvalue weighted by Gasteiger charge is -2.18. The summed E-state index contributed by atoms with van der Waals surface area (Å²) in [6.45, 7) is 6.88. The molecule has 0 bridgehead atoms. The van der Waals surface area contributed by atoms with Gasteiger partial charge in [0.1, 0.15) is 5.82 Å². The van der Waals surface area contributed by atoms with Gasteiger partial charge in [0.05, 0.1) is 22.1 Å². The molecule has 0 saturated heterocycles. The predicted octanol–water partition coefficient (Wildman–Crippen LogP) is 12.6. The summed E-state index contributed by atoms with van der Waals surface area (Å²) in [5.41, 5.74) is 9.32. The van der Waals surface area contributed by atoms with E-state index in [1.54, 1.807) is 0 Å². The van der Waals surface area contributed by atoms with Crippen molar-refractivity contribution in [2.45, 2.75) is 26.2 Å². The number of thiophene rings is 1. The van der Waals surface area contributed by atoms with Gasteiger partial charge < -0.3 is 4.57 Å². The summed E-state index contributed by atoms with van der Waals surface area (Å²) >= 11 is 1.92. The summed E-state index contributed by atoms with van der Waals surface area (Å²) in [6, 6.07) is 53.0. The average Bonchev–Trinajstić information content (AvgIpc) is 3.81. The zero-order valence-electron chi connectivity index (χ0n) is 27.6. The van der Waals surface area contributed by atoms with Crippen LogP contribution in [0.2, 0.25) is 0 Å². The van der Waals surface area contributed by atoms with Crippen LogP contribution in [0.5, 0.6) is 0 Å². The van der Waals surface area contributed by atoms with E-state index in [4.69, 9.17) is 4.98 Å². The second-order valence-electron chi connectivity index (χ2n) is 14.1. The van der Waals surface area contributed by atoms with E-state index in [0.717, 1.165) is 33.8 Å². The minimum Gasteiger partial charge on any atom is -0.309 e. The Bertz CT molecular complexity index is 2900. The molecule has 0 fully saturated rings. The summed E-state index contributed by atoms with van der Waals surface area (Å²) in [4.78, 5) is 5.12. The van der Waals surface area contributed by atoms with Crippen LogP contribution < -0.4 is 0 Å². The minimum atomic E-state index is 0.0932. The molecule has 3 aromatic heterocycles. The van der Waals surface area contributed by atoms with Gasteiger partial charge in [0.15, 0.2) is 0 Å². The first-order chi connectivity index (χ1) is 23.9. The van der Waals surface area contributed by atoms with Crippen LogP contribution >= 0.6 is 11.3 Å². The average molecular weight is 648 g/mol. The van der Waals surface area contributed by atoms with E-state index in [-0.39, 0.29) is 5.41 Å². The third-order valence-electron chi connectivity index (χ3n) is 10.1. The Morgan fingerprint density at radius 1 is 0.531 bits per heavy atom. The van der Waals surface area contributed by atoms with Crippen molar-refractivity contribution in [2.75, 3.05) is 0 Å². The third-order valence-corrected chi connectivity index (χ3v) is 11.3. The van der Waals surface area contributed by atoms with Crippen molar-refractivity contribution in [1.82, 2.24) is 14.1 Å². The maximum absolute atomic E-state index is 5.12. The van der Waals surface area contributed by atoms with Gasteiger partial charge in [-0.15, -0.1) is 11.3 Å². The smallest absolute Gasteiger partial charge is 0.145 e. The summed E-state index contributed by atoms with van der Waals surface area (Å²) in [5, 5.41) is 7.88. The summed E-state index contributed by atoms with van der Waals surface area (Å²) in [7, 11) is 0. The van der Waals surface area contributed by atoms with Crippen LogP contribution in [0.4, 0.5) is 0 Å². The molecule has 0 radical (unpaired) electrons. The van der Waals surface area contributed by atoms with Crippen LogP contribution in [0, 0.1) is 0 Å². The maximum atomic E-state index is 5.12. The highest BCUT2D eigenvalue weighted by Gasteiger charge is 2.21. The van der Waals surface area contributed by atoms with Gasteiger partial charge in [0, 0.05) is 47.9 Å². The number of imidazole rings is 1. The van der Waals surface area contributed by atoms with Crippen LogP contribution in [0.15, 0.2) is 146 Å². The fourth-order valence-corrected chi connectivity index (χ4v) is 8.89. The quantitative estimate of drug-likeness (QED) is 0.187. The second-order valence-corrected chi connectivity index (χ2v) is 15.1. The van der Waals surface area contributed by atoms with Crippen molar-refractivity contribution >= 4 is 75.1 Å². The Balaban J connectivity index is 1.22. The molecule has 0 aliphatic carbocycles. The molecule has 4 heteroatoms. The standard InChI is InChI=1S/C45H33N3S/c1-45(2,3)30-20-26-40-35(27-30)34-23-25-39-42(43(34)49-40)41-33-14-8-7-11-28(33)19-24-38(41)47(39)32-21-17-29(18-22-32)44-46-36-15-9-10-16-37(36)48(44)31-12-5-4-6-13-31/h4-27H,1-3H3. The van der Waals surface area contributed by atoms with Crippen LogP contribution in [0.25, 0.3) is 86.5 Å². The molecule has 0 saturated carbocycles. The van der Waals surface area contributed by atoms with E-state index < -0.39 is 0 Å². The molecule has 10 rings (SSSR count). The van der Waals surface area contributed by atoms with Gasteiger partial charge in [-0.05, 0) is 94.5 Å². The fraction of sp³-hybridized carbons (Fsp3) is 0.0889. The molecular formula is C45H33N3S. The number of hydrogen-bond donors (Lipinski definition) is 0. The molecule has 0 N–H and O–H groups in total. The van der Waals surface area contributed by atoms with E-state index in [9.17, 15) is 0 Å². The molecule has 0 atom stereocenters. The molecule has 3 heterocycles. The molecule has 49 heavy (non-hydrogen) atoms. The van der Waals surface area contributed by atoms with Crippen LogP contribution in [-0.2, 0) is 5.41 Å². The van der Waals surface area contributed by atoms with E-state index in [0.29, 0.717) is 0 Å². The lowest BCUT2D eigenvalue weighted by molar-refractivity contribution is 0.591. The molecule has 10 aromatic rings. The van der Waals surface area contributed by atoms with Crippen LogP contribution in [-0.4, -0.2) is 14.1 Å². The van der Waals surface area contributed by atoms with E-state index >= 15 is 0 Å². The predicted molar refractivity (Wildman–Crippen MR) is 210 cm³/mol. The number of hydrogen-bond acceptors (Lipinski definition) is 2. The maximum Gasteiger partial charge on any atom is 0.145 e. The van der Waals surface area contributed by atoms with Gasteiger partial charge >= 0.3 is 0 Å². The molecule has 7 aromatic carbocycles. The van der Waals surface area contributed by atoms with Gasteiger partial charge in [-0.1, -0.05) is 93.6 Å². The minimum absolute atomic E-state index is 0.0932. The second kappa shape index (κ2) is 10.4. The first kappa shape index (κ1) is 28.3. The Kier molecular flexibility index (Phi) is 6.01. The van der Waals surface area contributed by atoms with Crippen molar-refractivity contribution in [3.8, 4) is 22.8 Å². The summed E-state index contributed by atoms with van der Waals surface area (Å²) < 4.78 is 7.40. The van der Waals surface area contributed by atoms with Gasteiger partial charge in [-0.3, -0.25) is 4.57 Å². The fourth-order valence-electron chi connectivity index (χ4n) is 7.66. The van der Waals surface area contributed by atoms with E-state index in [2.05, 4.69) is 175 Å². The lowest BCUT2D eigenvalue weighted by Crippen LogP contribution is -2.10. The molecule has 0 aliphatic heterocycles. The topological polar surface area (TPSA) is 22.8 Å². The third kappa shape index (κ3) is 4.24. The van der Waals surface area contributed by atoms with E-state index in [1.165, 1.54) is 58.3 Å². The molecule has 0 unspecified atom stereocenters. The Morgan fingerprint density at radius 2 is 1.24 bits per heavy atom. The van der Waals surface area contributed by atoms with Gasteiger partial charge in [0.25, 0.3) is 0 Å². The Morgan fingerprint density at radius 3 is 2.08 bits per heavy atom. The van der Waals surface area contributed by atoms with Crippen molar-refractivity contribution in [3.05, 3.63) is 151 Å². The number of aromatic nitrogens is 3. The number of rotatable bonds is 3. The molecule has 0 aliphatic rings. The molecule has 234 valence electrons. The van der Waals surface area contributed by atoms with Gasteiger partial charge in [0.2, 0.25) is 0 Å². The lowest BCUT2D eigenvalue weighted by atomic mass is 9.86. The van der Waals surface area contributed by atoms with Crippen molar-refractivity contribution < 1.29 is 0 Å². The molecule has 0 spiro atoms. The monoisotopic (exact) mass is 647 g/mol. The van der Waals surface area contributed by atoms with Crippen LogP contribution in [0.3, 0.4) is 0 Å². The molecule has 3 nitrogen and oxygen atoms in total. The number of benzene rings is 7. The van der Waals surface area contributed by atoms with Crippen molar-refractivity contribution in [2.24, 2.45) is 0 Å². The normalized spacial score (nSPS) is 12.4. The number of nitrogens with zero attached hydrogens (tertiary/aromatic N) is 3. The summed E-state index contributed by atoms with van der Waals surface area (Å²) in [5.74, 6) is 0.939. The highest BCUT2D eigenvalue weighted by Crippen LogP contribution is 2.46.